The third kappa shape index (κ3) is 3.65. The van der Waals surface area contributed by atoms with Gasteiger partial charge >= 0.3 is 0 Å². The Morgan fingerprint density at radius 1 is 1.25 bits per heavy atom. The van der Waals surface area contributed by atoms with Gasteiger partial charge in [-0.15, -0.1) is 0 Å². The Morgan fingerprint density at radius 3 is 2.30 bits per heavy atom. The molecule has 20 heavy (non-hydrogen) atoms. The van der Waals surface area contributed by atoms with Gasteiger partial charge in [0.05, 0.1) is 5.02 Å². The van der Waals surface area contributed by atoms with Crippen molar-refractivity contribution in [2.24, 2.45) is 5.73 Å². The molecule has 0 radical (unpaired) electrons. The minimum absolute atomic E-state index is 0.0613. The van der Waals surface area contributed by atoms with Gasteiger partial charge in [-0.05, 0) is 38.0 Å². The van der Waals surface area contributed by atoms with Crippen molar-refractivity contribution in [3.8, 4) is 0 Å². The van der Waals surface area contributed by atoms with E-state index in [1.165, 1.54) is 16.4 Å². The van der Waals surface area contributed by atoms with Gasteiger partial charge in [0.2, 0.25) is 10.0 Å². The van der Waals surface area contributed by atoms with Crippen LogP contribution >= 0.6 is 23.2 Å². The van der Waals surface area contributed by atoms with Crippen LogP contribution in [-0.2, 0) is 16.6 Å². The lowest BCUT2D eigenvalue weighted by Gasteiger charge is -2.26. The molecule has 1 aromatic carbocycles. The van der Waals surface area contributed by atoms with Crippen LogP contribution in [0.1, 0.15) is 32.8 Å². The minimum atomic E-state index is -3.66. The first-order valence-corrected chi connectivity index (χ1v) is 8.65. The maximum Gasteiger partial charge on any atom is 0.244 e. The van der Waals surface area contributed by atoms with Crippen molar-refractivity contribution in [1.29, 1.82) is 0 Å². The first-order chi connectivity index (χ1) is 9.25. The lowest BCUT2D eigenvalue weighted by atomic mass is 10.2. The Morgan fingerprint density at radius 2 is 1.85 bits per heavy atom. The molecule has 0 amide bonds. The molecule has 2 N–H and O–H groups in total. The minimum Gasteiger partial charge on any atom is -0.326 e. The zero-order valence-corrected chi connectivity index (χ0v) is 14.2. The van der Waals surface area contributed by atoms with E-state index in [0.717, 1.165) is 6.42 Å². The van der Waals surface area contributed by atoms with Crippen molar-refractivity contribution in [2.45, 2.75) is 44.7 Å². The molecule has 0 aromatic heterocycles. The smallest absolute Gasteiger partial charge is 0.244 e. The zero-order valence-electron chi connectivity index (χ0n) is 11.9. The molecule has 114 valence electrons. The first kappa shape index (κ1) is 17.7. The summed E-state index contributed by atoms with van der Waals surface area (Å²) in [5.41, 5.74) is 6.14. The molecule has 0 fully saturated rings. The lowest BCUT2D eigenvalue weighted by molar-refractivity contribution is 0.354. The molecule has 0 bridgehead atoms. The Hall–Kier alpha value is -0.330. The van der Waals surface area contributed by atoms with Gasteiger partial charge in [-0.3, -0.25) is 0 Å². The predicted octanol–water partition coefficient (Wildman–Crippen LogP) is 3.26. The highest BCUT2D eigenvalue weighted by Gasteiger charge is 2.29. The van der Waals surface area contributed by atoms with Crippen LogP contribution in [0, 0.1) is 0 Å². The number of halogens is 2. The summed E-state index contributed by atoms with van der Waals surface area (Å²) in [6, 6.07) is 2.75. The fourth-order valence-corrected chi connectivity index (χ4v) is 4.51. The van der Waals surface area contributed by atoms with Crippen molar-refractivity contribution in [3.63, 3.8) is 0 Å². The maximum atomic E-state index is 12.7. The van der Waals surface area contributed by atoms with Gasteiger partial charge in [-0.25, -0.2) is 8.42 Å². The molecule has 0 heterocycles. The van der Waals surface area contributed by atoms with E-state index in [2.05, 4.69) is 0 Å². The summed E-state index contributed by atoms with van der Waals surface area (Å²) in [7, 11) is -3.66. The molecule has 0 saturated heterocycles. The van der Waals surface area contributed by atoms with Gasteiger partial charge in [-0.1, -0.05) is 30.1 Å². The predicted molar refractivity (Wildman–Crippen MR) is 83.7 cm³/mol. The monoisotopic (exact) mass is 338 g/mol. The van der Waals surface area contributed by atoms with Crippen LogP contribution in [0.25, 0.3) is 0 Å². The molecule has 1 aromatic rings. The van der Waals surface area contributed by atoms with Gasteiger partial charge < -0.3 is 5.73 Å². The second-order valence-electron chi connectivity index (χ2n) is 4.79. The second kappa shape index (κ2) is 7.09. The van der Waals surface area contributed by atoms with Crippen molar-refractivity contribution in [3.05, 3.63) is 27.7 Å². The van der Waals surface area contributed by atoms with E-state index in [9.17, 15) is 8.42 Å². The van der Waals surface area contributed by atoms with Crippen LogP contribution in [0.3, 0.4) is 0 Å². The SMILES string of the molecule is CCCN(C(C)C)S(=O)(=O)c1cc(CN)c(Cl)cc1Cl. The number of rotatable bonds is 6. The largest absolute Gasteiger partial charge is 0.326 e. The number of hydrogen-bond acceptors (Lipinski definition) is 3. The number of nitrogens with two attached hydrogens (primary N) is 1. The zero-order chi connectivity index (χ0) is 15.5. The molecule has 7 heteroatoms. The van der Waals surface area contributed by atoms with E-state index < -0.39 is 10.0 Å². The summed E-state index contributed by atoms with van der Waals surface area (Å²) in [6.45, 7) is 6.20. The van der Waals surface area contributed by atoms with E-state index in [-0.39, 0.29) is 22.5 Å². The highest BCUT2D eigenvalue weighted by molar-refractivity contribution is 7.89. The molecule has 0 aliphatic carbocycles. The average Bonchev–Trinajstić information content (AvgIpc) is 2.35. The Labute approximate surface area is 130 Å². The quantitative estimate of drug-likeness (QED) is 0.865. The first-order valence-electron chi connectivity index (χ1n) is 6.45. The lowest BCUT2D eigenvalue weighted by Crippen LogP contribution is -2.37. The molecule has 0 aliphatic heterocycles. The van der Waals surface area contributed by atoms with Crippen LogP contribution in [0.2, 0.25) is 10.0 Å². The van der Waals surface area contributed by atoms with Crippen molar-refractivity contribution >= 4 is 33.2 Å². The summed E-state index contributed by atoms with van der Waals surface area (Å²) in [5, 5.41) is 0.497. The summed E-state index contributed by atoms with van der Waals surface area (Å²) < 4.78 is 26.9. The molecule has 0 atom stereocenters. The Kier molecular flexibility index (Phi) is 6.28. The Balaban J connectivity index is 3.40. The number of sulfonamides is 1. The molecule has 0 spiro atoms. The summed E-state index contributed by atoms with van der Waals surface area (Å²) in [4.78, 5) is 0.0613. The highest BCUT2D eigenvalue weighted by atomic mass is 35.5. The highest BCUT2D eigenvalue weighted by Crippen LogP contribution is 2.31. The van der Waals surface area contributed by atoms with Crippen molar-refractivity contribution < 1.29 is 8.42 Å². The van der Waals surface area contributed by atoms with E-state index in [1.807, 2.05) is 20.8 Å². The van der Waals surface area contributed by atoms with E-state index in [0.29, 0.717) is 17.1 Å². The normalized spacial score (nSPS) is 12.4. The van der Waals surface area contributed by atoms with E-state index >= 15 is 0 Å². The average molecular weight is 339 g/mol. The molecular formula is C13H20Cl2N2O2S. The van der Waals surface area contributed by atoms with E-state index in [4.69, 9.17) is 28.9 Å². The van der Waals surface area contributed by atoms with Crippen molar-refractivity contribution in [1.82, 2.24) is 4.31 Å². The summed E-state index contributed by atoms with van der Waals surface area (Å²) in [6.07, 6.45) is 0.729. The van der Waals surface area contributed by atoms with Gasteiger partial charge in [0.15, 0.2) is 0 Å². The fourth-order valence-electron chi connectivity index (χ4n) is 1.93. The van der Waals surface area contributed by atoms with Crippen molar-refractivity contribution in [2.75, 3.05) is 6.54 Å². The third-order valence-electron chi connectivity index (χ3n) is 2.93. The molecule has 1 rings (SSSR count). The summed E-state index contributed by atoms with van der Waals surface area (Å²) in [5.74, 6) is 0. The van der Waals surface area contributed by atoms with Crippen LogP contribution in [0.15, 0.2) is 17.0 Å². The number of hydrogen-bond donors (Lipinski definition) is 1. The molecule has 4 nitrogen and oxygen atoms in total. The molecule has 0 aliphatic rings. The molecule has 0 unspecified atom stereocenters. The van der Waals surface area contributed by atoms with Crippen LogP contribution in [-0.4, -0.2) is 25.3 Å². The van der Waals surface area contributed by atoms with E-state index in [1.54, 1.807) is 0 Å². The fraction of sp³-hybridized carbons (Fsp3) is 0.538. The van der Waals surface area contributed by atoms with Crippen LogP contribution in [0.4, 0.5) is 0 Å². The summed E-state index contributed by atoms with van der Waals surface area (Å²) >= 11 is 12.0. The maximum absolute atomic E-state index is 12.7. The van der Waals surface area contributed by atoms with Gasteiger partial charge in [0.1, 0.15) is 4.90 Å². The topological polar surface area (TPSA) is 63.4 Å². The second-order valence-corrected chi connectivity index (χ2v) is 7.46. The van der Waals surface area contributed by atoms with Gasteiger partial charge in [-0.2, -0.15) is 4.31 Å². The van der Waals surface area contributed by atoms with Gasteiger partial charge in [0.25, 0.3) is 0 Å². The van der Waals surface area contributed by atoms with Gasteiger partial charge in [0, 0.05) is 24.2 Å². The number of nitrogens with zero attached hydrogens (tertiary/aromatic N) is 1. The molecular weight excluding hydrogens is 319 g/mol. The molecule has 0 saturated carbocycles. The number of benzene rings is 1. The standard InChI is InChI=1S/C13H20Cl2N2O2S/c1-4-5-17(9(2)3)20(18,19)13-6-10(8-16)11(14)7-12(13)15/h6-7,9H,4-5,8,16H2,1-3H3. The Bertz CT molecular complexity index is 574. The van der Waals surface area contributed by atoms with Crippen LogP contribution < -0.4 is 5.73 Å². The van der Waals surface area contributed by atoms with Crippen LogP contribution in [0.5, 0.6) is 0 Å². The third-order valence-corrected chi connectivity index (χ3v) is 5.82.